The number of aromatic nitrogens is 1. The van der Waals surface area contributed by atoms with Crippen LogP contribution < -0.4 is 4.90 Å². The first-order valence-corrected chi connectivity index (χ1v) is 10.0. The van der Waals surface area contributed by atoms with E-state index in [1.54, 1.807) is 30.5 Å². The lowest BCUT2D eigenvalue weighted by Crippen LogP contribution is -2.33. The molecular formula is C17H19ClN2O3S. The Bertz CT molecular complexity index is 837. The molecule has 1 aromatic carbocycles. The molecule has 3 rings (SSSR count). The van der Waals surface area contributed by atoms with Gasteiger partial charge in [0, 0.05) is 24.6 Å². The van der Waals surface area contributed by atoms with E-state index in [9.17, 15) is 13.5 Å². The molecule has 0 unspecified atom stereocenters. The molecule has 1 aliphatic rings. The minimum atomic E-state index is -3.23. The maximum atomic E-state index is 11.6. The molecule has 0 amide bonds. The number of pyridine rings is 1. The first kappa shape index (κ1) is 17.2. The van der Waals surface area contributed by atoms with Crippen molar-refractivity contribution in [3.8, 4) is 11.1 Å². The average molecular weight is 367 g/mol. The van der Waals surface area contributed by atoms with E-state index in [4.69, 9.17) is 11.6 Å². The number of rotatable bonds is 4. The summed E-state index contributed by atoms with van der Waals surface area (Å²) in [6, 6.07) is 8.57. The third-order valence-electron chi connectivity index (χ3n) is 4.29. The van der Waals surface area contributed by atoms with Crippen molar-refractivity contribution in [3.63, 3.8) is 0 Å². The molecule has 2 heterocycles. The van der Waals surface area contributed by atoms with E-state index in [0.717, 1.165) is 36.3 Å². The molecule has 0 bridgehead atoms. The molecule has 128 valence electrons. The van der Waals surface area contributed by atoms with Gasteiger partial charge in [0.05, 0.1) is 22.6 Å². The molecule has 24 heavy (non-hydrogen) atoms. The second kappa shape index (κ2) is 6.70. The Morgan fingerprint density at radius 1 is 1.33 bits per heavy atom. The van der Waals surface area contributed by atoms with Gasteiger partial charge >= 0.3 is 0 Å². The summed E-state index contributed by atoms with van der Waals surface area (Å²) in [5, 5.41) is 10.1. The Morgan fingerprint density at radius 2 is 2.04 bits per heavy atom. The van der Waals surface area contributed by atoms with Crippen molar-refractivity contribution in [3.05, 3.63) is 41.6 Å². The number of benzene rings is 1. The van der Waals surface area contributed by atoms with E-state index >= 15 is 0 Å². The van der Waals surface area contributed by atoms with Crippen molar-refractivity contribution in [2.24, 2.45) is 0 Å². The lowest BCUT2D eigenvalue weighted by atomic mass is 10.1. The van der Waals surface area contributed by atoms with E-state index < -0.39 is 9.84 Å². The van der Waals surface area contributed by atoms with Gasteiger partial charge in [0.25, 0.3) is 0 Å². The van der Waals surface area contributed by atoms with Crippen molar-refractivity contribution in [2.75, 3.05) is 24.3 Å². The number of anilines is 1. The monoisotopic (exact) mass is 366 g/mol. The predicted molar refractivity (Wildman–Crippen MR) is 95.2 cm³/mol. The number of nitrogens with zero attached hydrogens (tertiary/aromatic N) is 2. The average Bonchev–Trinajstić information content (AvgIpc) is 3.02. The molecule has 5 nitrogen and oxygen atoms in total. The van der Waals surface area contributed by atoms with Crippen LogP contribution in [0, 0.1) is 0 Å². The Kier molecular flexibility index (Phi) is 4.80. The summed E-state index contributed by atoms with van der Waals surface area (Å²) in [5.74, 6) is 0.767. The van der Waals surface area contributed by atoms with Crippen LogP contribution in [-0.4, -0.2) is 44.0 Å². The van der Waals surface area contributed by atoms with Gasteiger partial charge in [-0.05, 0) is 36.6 Å². The third-order valence-corrected chi connectivity index (χ3v) is 5.62. The molecule has 1 aliphatic heterocycles. The fourth-order valence-electron chi connectivity index (χ4n) is 3.06. The van der Waals surface area contributed by atoms with Gasteiger partial charge in [0.15, 0.2) is 9.84 Å². The van der Waals surface area contributed by atoms with E-state index in [2.05, 4.69) is 9.88 Å². The van der Waals surface area contributed by atoms with Gasteiger partial charge < -0.3 is 10.0 Å². The number of hydrogen-bond acceptors (Lipinski definition) is 5. The highest BCUT2D eigenvalue weighted by Gasteiger charge is 2.27. The first-order valence-electron chi connectivity index (χ1n) is 7.73. The zero-order valence-electron chi connectivity index (χ0n) is 13.3. The summed E-state index contributed by atoms with van der Waals surface area (Å²) in [7, 11) is -3.23. The number of aliphatic hydroxyl groups excluding tert-OH is 1. The second-order valence-electron chi connectivity index (χ2n) is 5.99. The highest BCUT2D eigenvalue weighted by Crippen LogP contribution is 2.35. The molecule has 0 aliphatic carbocycles. The number of aliphatic hydroxyl groups is 1. The summed E-state index contributed by atoms with van der Waals surface area (Å²) in [4.78, 5) is 6.84. The topological polar surface area (TPSA) is 70.5 Å². The van der Waals surface area contributed by atoms with E-state index in [1.165, 1.54) is 6.26 Å². The van der Waals surface area contributed by atoms with Crippen molar-refractivity contribution in [1.82, 2.24) is 4.98 Å². The van der Waals surface area contributed by atoms with E-state index in [-0.39, 0.29) is 17.5 Å². The molecule has 0 radical (unpaired) electrons. The lowest BCUT2D eigenvalue weighted by molar-refractivity contribution is 0.266. The maximum Gasteiger partial charge on any atom is 0.175 e. The van der Waals surface area contributed by atoms with Crippen LogP contribution in [0.3, 0.4) is 0 Å². The molecule has 1 aromatic heterocycles. The molecule has 1 atom stereocenters. The minimum absolute atomic E-state index is 0.0488. The fourth-order valence-corrected chi connectivity index (χ4v) is 3.85. The van der Waals surface area contributed by atoms with Gasteiger partial charge in [-0.1, -0.05) is 23.7 Å². The normalized spacial score (nSPS) is 18.1. The standard InChI is InChI=1S/C17H19ClN2O3S/c1-24(22,23)15-6-4-12(5-7-15)16-9-13(18)10-19-17(16)20-8-2-3-14(20)11-21/h4-7,9-10,14,21H,2-3,8,11H2,1H3/t14-/m0/s1. The predicted octanol–water partition coefficient (Wildman–Crippen LogP) is 2.77. The summed E-state index contributed by atoms with van der Waals surface area (Å²) in [5.41, 5.74) is 1.68. The number of halogens is 1. The van der Waals surface area contributed by atoms with Crippen LogP contribution in [0.25, 0.3) is 11.1 Å². The quantitative estimate of drug-likeness (QED) is 0.900. The number of sulfone groups is 1. The SMILES string of the molecule is CS(=O)(=O)c1ccc(-c2cc(Cl)cnc2N2CCC[C@H]2CO)cc1. The van der Waals surface area contributed by atoms with Crippen LogP contribution >= 0.6 is 11.6 Å². The molecule has 1 saturated heterocycles. The Labute approximate surface area is 146 Å². The van der Waals surface area contributed by atoms with Gasteiger partial charge in [-0.2, -0.15) is 0 Å². The summed E-state index contributed by atoms with van der Waals surface area (Å²) < 4.78 is 23.2. The zero-order valence-corrected chi connectivity index (χ0v) is 14.9. The van der Waals surface area contributed by atoms with Gasteiger partial charge in [-0.3, -0.25) is 0 Å². The van der Waals surface area contributed by atoms with Crippen LogP contribution in [0.5, 0.6) is 0 Å². The van der Waals surface area contributed by atoms with Crippen LogP contribution in [0.1, 0.15) is 12.8 Å². The largest absolute Gasteiger partial charge is 0.394 e. The van der Waals surface area contributed by atoms with E-state index in [0.29, 0.717) is 5.02 Å². The van der Waals surface area contributed by atoms with Crippen molar-refractivity contribution in [1.29, 1.82) is 0 Å². The molecule has 7 heteroatoms. The van der Waals surface area contributed by atoms with Crippen LogP contribution in [0.2, 0.25) is 5.02 Å². The molecular weight excluding hydrogens is 348 g/mol. The van der Waals surface area contributed by atoms with Gasteiger partial charge in [0.1, 0.15) is 5.82 Å². The number of hydrogen-bond donors (Lipinski definition) is 1. The fraction of sp³-hybridized carbons (Fsp3) is 0.353. The molecule has 0 spiro atoms. The van der Waals surface area contributed by atoms with Crippen LogP contribution in [0.4, 0.5) is 5.82 Å². The zero-order chi connectivity index (χ0) is 17.3. The van der Waals surface area contributed by atoms with Crippen molar-refractivity contribution < 1.29 is 13.5 Å². The second-order valence-corrected chi connectivity index (χ2v) is 8.45. The van der Waals surface area contributed by atoms with E-state index in [1.807, 2.05) is 6.07 Å². The van der Waals surface area contributed by atoms with Crippen molar-refractivity contribution >= 4 is 27.3 Å². The highest BCUT2D eigenvalue weighted by molar-refractivity contribution is 7.90. The third kappa shape index (κ3) is 3.41. The van der Waals surface area contributed by atoms with Crippen molar-refractivity contribution in [2.45, 2.75) is 23.8 Å². The Hall–Kier alpha value is -1.63. The summed E-state index contributed by atoms with van der Waals surface area (Å²) in [6.07, 6.45) is 4.71. The highest BCUT2D eigenvalue weighted by atomic mass is 35.5. The van der Waals surface area contributed by atoms with Gasteiger partial charge in [0.2, 0.25) is 0 Å². The lowest BCUT2D eigenvalue weighted by Gasteiger charge is -2.26. The van der Waals surface area contributed by atoms with Crippen LogP contribution in [-0.2, 0) is 9.84 Å². The first-order chi connectivity index (χ1) is 11.4. The van der Waals surface area contributed by atoms with Gasteiger partial charge in [-0.15, -0.1) is 0 Å². The maximum absolute atomic E-state index is 11.6. The summed E-state index contributed by atoms with van der Waals surface area (Å²) >= 11 is 6.12. The van der Waals surface area contributed by atoms with Crippen LogP contribution in [0.15, 0.2) is 41.4 Å². The minimum Gasteiger partial charge on any atom is -0.394 e. The Morgan fingerprint density at radius 3 is 2.67 bits per heavy atom. The molecule has 1 fully saturated rings. The summed E-state index contributed by atoms with van der Waals surface area (Å²) in [6.45, 7) is 0.908. The smallest absolute Gasteiger partial charge is 0.175 e. The molecule has 1 N–H and O–H groups in total. The molecule has 0 saturated carbocycles. The molecule has 2 aromatic rings. The van der Waals surface area contributed by atoms with Gasteiger partial charge in [-0.25, -0.2) is 13.4 Å². The Balaban J connectivity index is 2.05.